The Bertz CT molecular complexity index is 113. The minimum absolute atomic E-state index is 0.820. The minimum atomic E-state index is -3.60. The van der Waals surface area contributed by atoms with Crippen molar-refractivity contribution in [3.05, 3.63) is 0 Å². The second kappa shape index (κ2) is 1.27. The molecule has 0 atom stereocenters. The van der Waals surface area contributed by atoms with Crippen molar-refractivity contribution in [3.8, 4) is 0 Å². The Hall–Kier alpha value is 0.0700. The zero-order valence-corrected chi connectivity index (χ0v) is 4.46. The molecule has 0 aliphatic carbocycles. The molecule has 0 bridgehead atoms. The fourth-order valence-corrected chi connectivity index (χ4v) is 0.890. The smallest absolute Gasteiger partial charge is 0.300 e. The molecule has 1 fully saturated rings. The van der Waals surface area contributed by atoms with Crippen LogP contribution in [0.5, 0.6) is 0 Å². The Labute approximate surface area is 40.0 Å². The second-order valence-corrected chi connectivity index (χ2v) is 2.34. The predicted octanol–water partition coefficient (Wildman–Crippen LogP) is -0.105. The average molecular weight is 125 g/mol. The molecule has 0 unspecified atom stereocenters. The van der Waals surface area contributed by atoms with Gasteiger partial charge in [-0.15, -0.1) is 0 Å². The number of hydrogen-bond acceptors (Lipinski definition) is 4. The standard InChI is InChI=1S/CH4NO4P/c1-2-5-7(3,4)6-2/h1H3,(H,3,4). The van der Waals surface area contributed by atoms with Crippen molar-refractivity contribution in [3.63, 3.8) is 0 Å². The van der Waals surface area contributed by atoms with Gasteiger partial charge in [0.05, 0.1) is 0 Å². The molecule has 1 rings (SSSR count). The fraction of sp³-hybridized carbons (Fsp3) is 1.00. The molecule has 1 aliphatic rings. The van der Waals surface area contributed by atoms with Crippen LogP contribution in [0.4, 0.5) is 0 Å². The van der Waals surface area contributed by atoms with Gasteiger partial charge in [0.15, 0.2) is 0 Å². The highest BCUT2D eigenvalue weighted by Gasteiger charge is 2.38. The highest BCUT2D eigenvalue weighted by atomic mass is 31.2. The summed E-state index contributed by atoms with van der Waals surface area (Å²) in [4.78, 5) is 8.15. The van der Waals surface area contributed by atoms with E-state index in [1.54, 1.807) is 0 Å². The first-order chi connectivity index (χ1) is 3.10. The van der Waals surface area contributed by atoms with E-state index in [1.165, 1.54) is 7.05 Å². The average Bonchev–Trinajstić information content (AvgIpc) is 1.27. The molecule has 1 heterocycles. The highest BCUT2D eigenvalue weighted by molar-refractivity contribution is 7.48. The Balaban J connectivity index is 2.44. The molecule has 42 valence electrons. The molecule has 0 aromatic heterocycles. The van der Waals surface area contributed by atoms with Crippen molar-refractivity contribution in [2.75, 3.05) is 7.05 Å². The van der Waals surface area contributed by atoms with E-state index in [4.69, 9.17) is 4.89 Å². The summed E-state index contributed by atoms with van der Waals surface area (Å²) in [6.07, 6.45) is 0. The number of phosphoric acid groups is 1. The molecular weight excluding hydrogens is 121 g/mol. The SMILES string of the molecule is CN1OP(=O)(O)O1. The van der Waals surface area contributed by atoms with E-state index in [0.717, 1.165) is 5.23 Å². The van der Waals surface area contributed by atoms with Crippen LogP contribution in [0.1, 0.15) is 0 Å². The van der Waals surface area contributed by atoms with Crippen LogP contribution in [-0.4, -0.2) is 17.2 Å². The van der Waals surface area contributed by atoms with Crippen LogP contribution in [-0.2, 0) is 13.8 Å². The maximum absolute atomic E-state index is 9.95. The lowest BCUT2D eigenvalue weighted by atomic mass is 11.5. The molecule has 1 N–H and O–H groups in total. The highest BCUT2D eigenvalue weighted by Crippen LogP contribution is 2.53. The predicted molar refractivity (Wildman–Crippen MR) is 19.8 cm³/mol. The molecule has 5 nitrogen and oxygen atoms in total. The zero-order chi connectivity index (χ0) is 5.49. The Morgan fingerprint density at radius 1 is 1.71 bits per heavy atom. The van der Waals surface area contributed by atoms with Crippen molar-refractivity contribution in [1.82, 2.24) is 5.23 Å². The Morgan fingerprint density at radius 3 is 2.14 bits per heavy atom. The molecule has 0 radical (unpaired) electrons. The molecule has 0 amide bonds. The van der Waals surface area contributed by atoms with Crippen LogP contribution in [0, 0.1) is 0 Å². The molecule has 6 heteroatoms. The quantitative estimate of drug-likeness (QED) is 0.458. The van der Waals surface area contributed by atoms with E-state index < -0.39 is 7.82 Å². The van der Waals surface area contributed by atoms with Gasteiger partial charge in [0.1, 0.15) is 0 Å². The maximum atomic E-state index is 9.95. The van der Waals surface area contributed by atoms with Crippen LogP contribution < -0.4 is 0 Å². The lowest BCUT2D eigenvalue weighted by molar-refractivity contribution is -0.333. The van der Waals surface area contributed by atoms with E-state index in [9.17, 15) is 4.57 Å². The van der Waals surface area contributed by atoms with Gasteiger partial charge in [0.25, 0.3) is 0 Å². The zero-order valence-electron chi connectivity index (χ0n) is 3.57. The lowest BCUT2D eigenvalue weighted by Gasteiger charge is -2.27. The van der Waals surface area contributed by atoms with Crippen molar-refractivity contribution in [2.45, 2.75) is 0 Å². The fourth-order valence-electron chi connectivity index (χ4n) is 0.297. The maximum Gasteiger partial charge on any atom is 0.509 e. The van der Waals surface area contributed by atoms with Gasteiger partial charge >= 0.3 is 7.82 Å². The summed E-state index contributed by atoms with van der Waals surface area (Å²) < 4.78 is 18.0. The molecular formula is CH4NO4P. The number of rotatable bonds is 0. The minimum Gasteiger partial charge on any atom is -0.300 e. The van der Waals surface area contributed by atoms with Crippen LogP contribution >= 0.6 is 7.82 Å². The van der Waals surface area contributed by atoms with Crippen molar-refractivity contribution >= 4 is 7.82 Å². The summed E-state index contributed by atoms with van der Waals surface area (Å²) in [6.45, 7) is 0. The number of hydrogen-bond donors (Lipinski definition) is 1. The number of nitrogens with zero attached hydrogens (tertiary/aromatic N) is 1. The van der Waals surface area contributed by atoms with E-state index in [-0.39, 0.29) is 0 Å². The largest absolute Gasteiger partial charge is 0.509 e. The van der Waals surface area contributed by atoms with Gasteiger partial charge in [0.2, 0.25) is 0 Å². The van der Waals surface area contributed by atoms with Crippen LogP contribution in [0.25, 0.3) is 0 Å². The van der Waals surface area contributed by atoms with Gasteiger partial charge in [0, 0.05) is 7.05 Å². The third-order valence-corrected chi connectivity index (χ3v) is 1.31. The summed E-state index contributed by atoms with van der Waals surface area (Å²) in [7, 11) is -2.21. The van der Waals surface area contributed by atoms with E-state index in [2.05, 4.69) is 9.25 Å². The molecule has 0 spiro atoms. The van der Waals surface area contributed by atoms with Crippen molar-refractivity contribution < 1.29 is 18.7 Å². The van der Waals surface area contributed by atoms with Crippen LogP contribution in [0.2, 0.25) is 0 Å². The van der Waals surface area contributed by atoms with Gasteiger partial charge in [-0.3, -0.25) is 0 Å². The molecule has 0 aromatic rings. The third-order valence-electron chi connectivity index (χ3n) is 0.436. The first kappa shape index (κ1) is 5.21. The second-order valence-electron chi connectivity index (χ2n) is 1.07. The first-order valence-corrected chi connectivity index (χ1v) is 3.06. The van der Waals surface area contributed by atoms with E-state index in [0.29, 0.717) is 0 Å². The van der Waals surface area contributed by atoms with Gasteiger partial charge in [-0.1, -0.05) is 0 Å². The summed E-state index contributed by atoms with van der Waals surface area (Å²) in [6, 6.07) is 0. The third kappa shape index (κ3) is 0.992. The molecule has 1 aliphatic heterocycles. The normalized spacial score (nSPS) is 29.4. The summed E-state index contributed by atoms with van der Waals surface area (Å²) >= 11 is 0. The Morgan fingerprint density at radius 2 is 2.14 bits per heavy atom. The van der Waals surface area contributed by atoms with Crippen LogP contribution in [0.15, 0.2) is 0 Å². The first-order valence-electron chi connectivity index (χ1n) is 1.56. The van der Waals surface area contributed by atoms with Gasteiger partial charge in [-0.2, -0.15) is 9.25 Å². The van der Waals surface area contributed by atoms with Crippen molar-refractivity contribution in [1.29, 1.82) is 0 Å². The topological polar surface area (TPSA) is 59.0 Å². The molecule has 0 saturated carbocycles. The summed E-state index contributed by atoms with van der Waals surface area (Å²) in [5.74, 6) is 0. The summed E-state index contributed by atoms with van der Waals surface area (Å²) in [5, 5.41) is 0.820. The lowest BCUT2D eigenvalue weighted by Crippen LogP contribution is -2.27. The van der Waals surface area contributed by atoms with Gasteiger partial charge < -0.3 is 4.89 Å². The summed E-state index contributed by atoms with van der Waals surface area (Å²) in [5.41, 5.74) is 0. The van der Waals surface area contributed by atoms with Crippen LogP contribution in [0.3, 0.4) is 0 Å². The Kier molecular flexibility index (Phi) is 0.948. The molecule has 0 aromatic carbocycles. The van der Waals surface area contributed by atoms with E-state index in [1.807, 2.05) is 0 Å². The van der Waals surface area contributed by atoms with Gasteiger partial charge in [-0.25, -0.2) is 4.57 Å². The van der Waals surface area contributed by atoms with Gasteiger partial charge in [-0.05, 0) is 5.23 Å². The molecule has 7 heavy (non-hydrogen) atoms. The van der Waals surface area contributed by atoms with E-state index >= 15 is 0 Å². The van der Waals surface area contributed by atoms with Crippen molar-refractivity contribution in [2.24, 2.45) is 0 Å². The number of hydroxylamine groups is 2. The monoisotopic (exact) mass is 125 g/mol. The molecule has 1 saturated heterocycles.